The minimum absolute atomic E-state index is 0.0301. The summed E-state index contributed by atoms with van der Waals surface area (Å²) in [5, 5.41) is 3.05. The molecule has 0 bridgehead atoms. The van der Waals surface area contributed by atoms with E-state index in [0.29, 0.717) is 24.0 Å². The summed E-state index contributed by atoms with van der Waals surface area (Å²) in [5.41, 5.74) is 0.623. The number of benzene rings is 1. The maximum absolute atomic E-state index is 12.2. The molecule has 104 valence electrons. The fourth-order valence-electron chi connectivity index (χ4n) is 1.95. The summed E-state index contributed by atoms with van der Waals surface area (Å²) in [7, 11) is 0. The lowest BCUT2D eigenvalue weighted by Gasteiger charge is -2.26. The molecule has 19 heavy (non-hydrogen) atoms. The predicted molar refractivity (Wildman–Crippen MR) is 79.7 cm³/mol. The fourth-order valence-corrected chi connectivity index (χ4v) is 2.31. The highest BCUT2D eigenvalue weighted by atomic mass is 79.9. The van der Waals surface area contributed by atoms with Crippen LogP contribution in [0.4, 0.5) is 0 Å². The third kappa shape index (κ3) is 3.96. The maximum atomic E-state index is 12.2. The van der Waals surface area contributed by atoms with Crippen LogP contribution < -0.4 is 10.1 Å². The Balaban J connectivity index is 2.06. The summed E-state index contributed by atoms with van der Waals surface area (Å²) in [6.45, 7) is 2.77. The van der Waals surface area contributed by atoms with Gasteiger partial charge in [0.2, 0.25) is 0 Å². The molecule has 4 heteroatoms. The van der Waals surface area contributed by atoms with E-state index < -0.39 is 0 Å². The van der Waals surface area contributed by atoms with Gasteiger partial charge in [-0.3, -0.25) is 4.79 Å². The smallest absolute Gasteiger partial charge is 0.255 e. The number of ether oxygens (including phenoxy) is 1. The van der Waals surface area contributed by atoms with Gasteiger partial charge in [0.1, 0.15) is 5.75 Å². The first-order valence-corrected chi connectivity index (χ1v) is 7.73. The molecule has 3 nitrogen and oxygen atoms in total. The highest BCUT2D eigenvalue weighted by Gasteiger charge is 2.22. The maximum Gasteiger partial charge on any atom is 0.255 e. The van der Waals surface area contributed by atoms with Crippen molar-refractivity contribution in [1.82, 2.24) is 5.32 Å². The number of unbranched alkanes of at least 4 members (excludes halogenated alkanes) is 1. The lowest BCUT2D eigenvalue weighted by atomic mass is 9.93. The van der Waals surface area contributed by atoms with Crippen molar-refractivity contribution in [3.05, 3.63) is 28.2 Å². The van der Waals surface area contributed by atoms with Gasteiger partial charge in [-0.15, -0.1) is 0 Å². The average Bonchev–Trinajstić information content (AvgIpc) is 2.35. The molecule has 0 atom stereocenters. The number of carbonyl (C=O) groups excluding carboxylic acids is 1. The van der Waals surface area contributed by atoms with E-state index in [1.165, 1.54) is 6.42 Å². The van der Waals surface area contributed by atoms with Gasteiger partial charge in [0, 0.05) is 10.5 Å². The molecule has 0 saturated heterocycles. The van der Waals surface area contributed by atoms with Crippen LogP contribution in [0.25, 0.3) is 0 Å². The summed E-state index contributed by atoms with van der Waals surface area (Å²) in [6, 6.07) is 5.93. The molecule has 1 amide bonds. The molecule has 0 unspecified atom stereocenters. The van der Waals surface area contributed by atoms with Crippen LogP contribution in [0, 0.1) is 0 Å². The van der Waals surface area contributed by atoms with Crippen LogP contribution in [0.5, 0.6) is 5.75 Å². The van der Waals surface area contributed by atoms with Gasteiger partial charge in [-0.1, -0.05) is 29.3 Å². The van der Waals surface area contributed by atoms with Crippen LogP contribution in [0.2, 0.25) is 0 Å². The quantitative estimate of drug-likeness (QED) is 0.805. The van der Waals surface area contributed by atoms with E-state index in [0.717, 1.165) is 30.2 Å². The van der Waals surface area contributed by atoms with Crippen molar-refractivity contribution in [2.45, 2.75) is 45.1 Å². The molecule has 0 aliphatic heterocycles. The average molecular weight is 326 g/mol. The molecule has 1 N–H and O–H groups in total. The Morgan fingerprint density at radius 3 is 2.89 bits per heavy atom. The first kappa shape index (κ1) is 14.4. The van der Waals surface area contributed by atoms with Crippen LogP contribution in [0.15, 0.2) is 22.7 Å². The minimum atomic E-state index is -0.0301. The molecule has 1 saturated carbocycles. The lowest BCUT2D eigenvalue weighted by molar-refractivity contribution is 0.0912. The van der Waals surface area contributed by atoms with E-state index in [1.54, 1.807) is 0 Å². The Morgan fingerprint density at radius 2 is 2.26 bits per heavy atom. The van der Waals surface area contributed by atoms with E-state index in [9.17, 15) is 4.79 Å². The van der Waals surface area contributed by atoms with E-state index >= 15 is 0 Å². The number of rotatable bonds is 6. The van der Waals surface area contributed by atoms with Crippen molar-refractivity contribution in [2.75, 3.05) is 6.61 Å². The largest absolute Gasteiger partial charge is 0.493 e. The Bertz CT molecular complexity index is 444. The third-order valence-electron chi connectivity index (χ3n) is 3.38. The molecule has 0 aromatic heterocycles. The van der Waals surface area contributed by atoms with Crippen LogP contribution in [-0.2, 0) is 0 Å². The molecule has 0 heterocycles. The van der Waals surface area contributed by atoms with Crippen molar-refractivity contribution in [3.63, 3.8) is 0 Å². The monoisotopic (exact) mass is 325 g/mol. The highest BCUT2D eigenvalue weighted by Crippen LogP contribution is 2.25. The van der Waals surface area contributed by atoms with E-state index in [-0.39, 0.29) is 5.91 Å². The second-order valence-electron chi connectivity index (χ2n) is 4.94. The zero-order chi connectivity index (χ0) is 13.7. The van der Waals surface area contributed by atoms with E-state index in [4.69, 9.17) is 4.74 Å². The molecular weight excluding hydrogens is 306 g/mol. The van der Waals surface area contributed by atoms with Gasteiger partial charge >= 0.3 is 0 Å². The van der Waals surface area contributed by atoms with E-state index in [1.807, 2.05) is 18.2 Å². The SMILES string of the molecule is CCCCOc1ccc(Br)cc1C(=O)NC1CCC1. The Labute approximate surface area is 122 Å². The second kappa shape index (κ2) is 6.94. The first-order valence-electron chi connectivity index (χ1n) is 6.94. The molecule has 1 aromatic rings. The second-order valence-corrected chi connectivity index (χ2v) is 5.86. The summed E-state index contributed by atoms with van der Waals surface area (Å²) < 4.78 is 6.60. The topological polar surface area (TPSA) is 38.3 Å². The van der Waals surface area contributed by atoms with E-state index in [2.05, 4.69) is 28.2 Å². The van der Waals surface area contributed by atoms with Crippen molar-refractivity contribution >= 4 is 21.8 Å². The predicted octanol–water partition coefficient (Wildman–Crippen LogP) is 3.91. The van der Waals surface area contributed by atoms with Gasteiger partial charge in [-0.25, -0.2) is 0 Å². The molecule has 1 aromatic carbocycles. The molecule has 1 aliphatic rings. The van der Waals surface area contributed by atoms with Crippen LogP contribution in [-0.4, -0.2) is 18.6 Å². The number of hydrogen-bond acceptors (Lipinski definition) is 2. The molecule has 1 aliphatic carbocycles. The van der Waals surface area contributed by atoms with Gasteiger partial charge in [-0.05, 0) is 43.9 Å². The number of nitrogens with one attached hydrogen (secondary N) is 1. The normalized spacial score (nSPS) is 14.8. The third-order valence-corrected chi connectivity index (χ3v) is 3.88. The summed E-state index contributed by atoms with van der Waals surface area (Å²) in [5.74, 6) is 0.644. The summed E-state index contributed by atoms with van der Waals surface area (Å²) >= 11 is 3.41. The van der Waals surface area contributed by atoms with Crippen molar-refractivity contribution in [1.29, 1.82) is 0 Å². The lowest BCUT2D eigenvalue weighted by Crippen LogP contribution is -2.39. The molecule has 0 radical (unpaired) electrons. The first-order chi connectivity index (χ1) is 9.20. The van der Waals surface area contributed by atoms with Crippen LogP contribution in [0.1, 0.15) is 49.4 Å². The molecule has 1 fully saturated rings. The van der Waals surface area contributed by atoms with Gasteiger partial charge < -0.3 is 10.1 Å². The number of carbonyl (C=O) groups is 1. The van der Waals surface area contributed by atoms with Gasteiger partial charge in [0.15, 0.2) is 0 Å². The van der Waals surface area contributed by atoms with Gasteiger partial charge in [0.25, 0.3) is 5.91 Å². The number of hydrogen-bond donors (Lipinski definition) is 1. The standard InChI is InChI=1S/C15H20BrNO2/c1-2-3-9-19-14-8-7-11(16)10-13(14)15(18)17-12-5-4-6-12/h7-8,10,12H,2-6,9H2,1H3,(H,17,18). The zero-order valence-electron chi connectivity index (χ0n) is 11.2. The molecule has 2 rings (SSSR count). The van der Waals surface area contributed by atoms with Gasteiger partial charge in [0.05, 0.1) is 12.2 Å². The van der Waals surface area contributed by atoms with Crippen molar-refractivity contribution in [2.24, 2.45) is 0 Å². The van der Waals surface area contributed by atoms with Gasteiger partial charge in [-0.2, -0.15) is 0 Å². The molecular formula is C15H20BrNO2. The van der Waals surface area contributed by atoms with Crippen LogP contribution in [0.3, 0.4) is 0 Å². The summed E-state index contributed by atoms with van der Waals surface area (Å²) in [4.78, 5) is 12.2. The summed E-state index contributed by atoms with van der Waals surface area (Å²) in [6.07, 6.45) is 5.47. The number of halogens is 1. The minimum Gasteiger partial charge on any atom is -0.493 e. The zero-order valence-corrected chi connectivity index (χ0v) is 12.8. The Morgan fingerprint density at radius 1 is 1.47 bits per heavy atom. The van der Waals surface area contributed by atoms with Crippen molar-refractivity contribution < 1.29 is 9.53 Å². The highest BCUT2D eigenvalue weighted by molar-refractivity contribution is 9.10. The van der Waals surface area contributed by atoms with Crippen molar-refractivity contribution in [3.8, 4) is 5.75 Å². The Kier molecular flexibility index (Phi) is 5.25. The van der Waals surface area contributed by atoms with Crippen LogP contribution >= 0.6 is 15.9 Å². The Hall–Kier alpha value is -1.03. The fraction of sp³-hybridized carbons (Fsp3) is 0.533. The number of amides is 1. The molecule has 0 spiro atoms.